The van der Waals surface area contributed by atoms with Gasteiger partial charge in [-0.1, -0.05) is 28.9 Å². The van der Waals surface area contributed by atoms with Crippen LogP contribution in [0.3, 0.4) is 0 Å². The normalized spacial score (nSPS) is 20.2. The van der Waals surface area contributed by atoms with Gasteiger partial charge in [-0.05, 0) is 37.3 Å². The monoisotopic (exact) mass is 329 g/mol. The molecular formula is C15H21BrFNO. The molecule has 0 spiro atoms. The number of ether oxygens (including phenoxy) is 1. The van der Waals surface area contributed by atoms with Crippen molar-refractivity contribution in [3.05, 3.63) is 34.1 Å². The minimum absolute atomic E-state index is 0.0211. The Balaban J connectivity index is 1.95. The van der Waals surface area contributed by atoms with Crippen LogP contribution in [0.1, 0.15) is 38.3 Å². The van der Waals surface area contributed by atoms with Crippen LogP contribution in [0.5, 0.6) is 0 Å². The van der Waals surface area contributed by atoms with Crippen LogP contribution in [0.4, 0.5) is 4.39 Å². The Hall–Kier alpha value is -0.450. The summed E-state index contributed by atoms with van der Waals surface area (Å²) in [5.41, 5.74) is 0.983. The third kappa shape index (κ3) is 4.01. The molecule has 2 nitrogen and oxygen atoms in total. The molecule has 1 aromatic rings. The highest BCUT2D eigenvalue weighted by atomic mass is 79.9. The van der Waals surface area contributed by atoms with E-state index < -0.39 is 0 Å². The average molecular weight is 330 g/mol. The highest BCUT2D eigenvalue weighted by Crippen LogP contribution is 2.30. The average Bonchev–Trinajstić information content (AvgIpc) is 2.37. The molecule has 1 heterocycles. The first-order valence-electron chi connectivity index (χ1n) is 6.76. The highest BCUT2D eigenvalue weighted by Gasteiger charge is 2.27. The maximum absolute atomic E-state index is 13.9. The zero-order valence-corrected chi connectivity index (χ0v) is 13.1. The number of rotatable bonds is 4. The lowest BCUT2D eigenvalue weighted by Crippen LogP contribution is -2.37. The molecule has 0 bridgehead atoms. The molecule has 1 aromatic carbocycles. The van der Waals surface area contributed by atoms with Crippen LogP contribution < -0.4 is 5.32 Å². The van der Waals surface area contributed by atoms with E-state index in [4.69, 9.17) is 4.74 Å². The van der Waals surface area contributed by atoms with Gasteiger partial charge in [0, 0.05) is 35.8 Å². The van der Waals surface area contributed by atoms with E-state index in [1.54, 1.807) is 0 Å². The largest absolute Gasteiger partial charge is 0.381 e. The number of benzene rings is 1. The van der Waals surface area contributed by atoms with E-state index in [1.807, 2.05) is 19.1 Å². The van der Waals surface area contributed by atoms with Gasteiger partial charge in [0.2, 0.25) is 0 Å². The summed E-state index contributed by atoms with van der Waals surface area (Å²) >= 11 is 3.28. The number of hydrogen-bond donors (Lipinski definition) is 1. The Morgan fingerprint density at radius 3 is 2.74 bits per heavy atom. The van der Waals surface area contributed by atoms with Crippen molar-refractivity contribution in [3.63, 3.8) is 0 Å². The summed E-state index contributed by atoms with van der Waals surface area (Å²) < 4.78 is 20.0. The second-order valence-corrected chi connectivity index (χ2v) is 6.61. The molecule has 0 aromatic heterocycles. The van der Waals surface area contributed by atoms with Gasteiger partial charge in [-0.3, -0.25) is 0 Å². The molecule has 0 radical (unpaired) electrons. The van der Waals surface area contributed by atoms with E-state index in [2.05, 4.69) is 28.2 Å². The predicted molar refractivity (Wildman–Crippen MR) is 78.7 cm³/mol. The van der Waals surface area contributed by atoms with E-state index in [0.29, 0.717) is 0 Å². The molecule has 2 rings (SSSR count). The van der Waals surface area contributed by atoms with Crippen molar-refractivity contribution in [1.29, 1.82) is 0 Å². The Labute approximate surface area is 122 Å². The standard InChI is InChI=1S/C15H21BrFNO/c1-11(13-4-3-12(16)9-14(13)17)18-10-15(2)5-7-19-8-6-15/h3-4,9,11,18H,5-8,10H2,1-2H3. The summed E-state index contributed by atoms with van der Waals surface area (Å²) in [6.07, 6.45) is 2.13. The molecule has 1 atom stereocenters. The predicted octanol–water partition coefficient (Wildman–Crippen LogP) is 4.06. The zero-order chi connectivity index (χ0) is 13.9. The third-order valence-electron chi connectivity index (χ3n) is 3.96. The van der Waals surface area contributed by atoms with Gasteiger partial charge in [0.1, 0.15) is 5.82 Å². The molecule has 0 amide bonds. The summed E-state index contributed by atoms with van der Waals surface area (Å²) in [5, 5.41) is 3.46. The van der Waals surface area contributed by atoms with E-state index in [1.165, 1.54) is 6.07 Å². The Morgan fingerprint density at radius 2 is 2.11 bits per heavy atom. The SMILES string of the molecule is CC(NCC1(C)CCOCC1)c1ccc(Br)cc1F. The molecule has 1 fully saturated rings. The molecule has 1 aliphatic rings. The first kappa shape index (κ1) is 14.9. The molecular weight excluding hydrogens is 309 g/mol. The van der Waals surface area contributed by atoms with Gasteiger partial charge in [0.25, 0.3) is 0 Å². The van der Waals surface area contributed by atoms with Crippen molar-refractivity contribution in [2.24, 2.45) is 5.41 Å². The van der Waals surface area contributed by atoms with Crippen molar-refractivity contribution in [1.82, 2.24) is 5.32 Å². The second-order valence-electron chi connectivity index (χ2n) is 5.69. The zero-order valence-electron chi connectivity index (χ0n) is 11.5. The van der Waals surface area contributed by atoms with Gasteiger partial charge in [-0.25, -0.2) is 4.39 Å². The summed E-state index contributed by atoms with van der Waals surface area (Å²) in [4.78, 5) is 0. The second kappa shape index (κ2) is 6.33. The summed E-state index contributed by atoms with van der Waals surface area (Å²) in [7, 11) is 0. The minimum Gasteiger partial charge on any atom is -0.381 e. The van der Waals surface area contributed by atoms with E-state index in [0.717, 1.165) is 42.6 Å². The first-order valence-corrected chi connectivity index (χ1v) is 7.56. The van der Waals surface area contributed by atoms with Gasteiger partial charge in [-0.2, -0.15) is 0 Å². The van der Waals surface area contributed by atoms with Crippen molar-refractivity contribution >= 4 is 15.9 Å². The summed E-state index contributed by atoms with van der Waals surface area (Å²) in [5.74, 6) is -0.161. The number of hydrogen-bond acceptors (Lipinski definition) is 2. The lowest BCUT2D eigenvalue weighted by Gasteiger charge is -2.34. The smallest absolute Gasteiger partial charge is 0.129 e. The molecule has 1 saturated heterocycles. The number of nitrogens with one attached hydrogen (secondary N) is 1. The van der Waals surface area contributed by atoms with Gasteiger partial charge in [0.15, 0.2) is 0 Å². The van der Waals surface area contributed by atoms with Gasteiger partial charge >= 0.3 is 0 Å². The molecule has 0 saturated carbocycles. The van der Waals surface area contributed by atoms with E-state index in [9.17, 15) is 4.39 Å². The molecule has 19 heavy (non-hydrogen) atoms. The van der Waals surface area contributed by atoms with Crippen molar-refractivity contribution < 1.29 is 9.13 Å². The molecule has 1 unspecified atom stereocenters. The van der Waals surface area contributed by atoms with Crippen molar-refractivity contribution in [2.75, 3.05) is 19.8 Å². The molecule has 106 valence electrons. The van der Waals surface area contributed by atoms with Crippen LogP contribution in [0.25, 0.3) is 0 Å². The van der Waals surface area contributed by atoms with E-state index >= 15 is 0 Å². The van der Waals surface area contributed by atoms with Crippen LogP contribution >= 0.6 is 15.9 Å². The molecule has 1 aliphatic heterocycles. The van der Waals surface area contributed by atoms with Crippen LogP contribution in [0.15, 0.2) is 22.7 Å². The fourth-order valence-corrected chi connectivity index (χ4v) is 2.74. The quantitative estimate of drug-likeness (QED) is 0.899. The first-order chi connectivity index (χ1) is 9.00. The van der Waals surface area contributed by atoms with Crippen molar-refractivity contribution in [2.45, 2.75) is 32.7 Å². The van der Waals surface area contributed by atoms with Crippen LogP contribution in [-0.4, -0.2) is 19.8 Å². The fraction of sp³-hybridized carbons (Fsp3) is 0.600. The fourth-order valence-electron chi connectivity index (χ4n) is 2.40. The number of halogens is 2. The van der Waals surface area contributed by atoms with E-state index in [-0.39, 0.29) is 17.3 Å². The Morgan fingerprint density at radius 1 is 1.42 bits per heavy atom. The van der Waals surface area contributed by atoms with Gasteiger partial charge in [-0.15, -0.1) is 0 Å². The third-order valence-corrected chi connectivity index (χ3v) is 4.46. The van der Waals surface area contributed by atoms with Gasteiger partial charge in [0.05, 0.1) is 0 Å². The molecule has 0 aliphatic carbocycles. The van der Waals surface area contributed by atoms with Crippen molar-refractivity contribution in [3.8, 4) is 0 Å². The highest BCUT2D eigenvalue weighted by molar-refractivity contribution is 9.10. The lowest BCUT2D eigenvalue weighted by atomic mass is 9.82. The van der Waals surface area contributed by atoms with Crippen LogP contribution in [0.2, 0.25) is 0 Å². The topological polar surface area (TPSA) is 21.3 Å². The Kier molecular flexibility index (Phi) is 4.98. The van der Waals surface area contributed by atoms with Crippen LogP contribution in [-0.2, 0) is 4.74 Å². The summed E-state index contributed by atoms with van der Waals surface area (Å²) in [6.45, 7) is 6.84. The Bertz CT molecular complexity index is 432. The maximum atomic E-state index is 13.9. The molecule has 1 N–H and O–H groups in total. The maximum Gasteiger partial charge on any atom is 0.129 e. The molecule has 4 heteroatoms. The van der Waals surface area contributed by atoms with Gasteiger partial charge < -0.3 is 10.1 Å². The van der Waals surface area contributed by atoms with Crippen LogP contribution in [0, 0.1) is 11.2 Å². The lowest BCUT2D eigenvalue weighted by molar-refractivity contribution is 0.0230. The summed E-state index contributed by atoms with van der Waals surface area (Å²) in [6, 6.07) is 5.26. The minimum atomic E-state index is -0.161.